The van der Waals surface area contributed by atoms with Crippen LogP contribution in [0.2, 0.25) is 0 Å². The number of thiazole rings is 1. The van der Waals surface area contributed by atoms with Crippen molar-refractivity contribution in [2.75, 3.05) is 7.05 Å². The minimum atomic E-state index is 0.00506. The van der Waals surface area contributed by atoms with Crippen LogP contribution in [0.3, 0.4) is 0 Å². The topological polar surface area (TPSA) is 42.4 Å². The van der Waals surface area contributed by atoms with Gasteiger partial charge in [0.15, 0.2) is 0 Å². The number of hydrogen-bond donors (Lipinski definition) is 0. The number of nitrogens with zero attached hydrogens (tertiary/aromatic N) is 2. The van der Waals surface area contributed by atoms with Crippen LogP contribution >= 0.6 is 11.3 Å². The summed E-state index contributed by atoms with van der Waals surface area (Å²) in [5.41, 5.74) is 1.87. The van der Waals surface area contributed by atoms with E-state index in [1.54, 1.807) is 22.3 Å². The predicted octanol–water partition coefficient (Wildman–Crippen LogP) is 4.55. The number of rotatable bonds is 7. The molecule has 0 aliphatic heterocycles. The summed E-state index contributed by atoms with van der Waals surface area (Å²) in [5.74, 6) is 1.20. The fourth-order valence-electron chi connectivity index (χ4n) is 2.27. The van der Waals surface area contributed by atoms with E-state index in [0.29, 0.717) is 12.5 Å². The molecule has 0 aliphatic carbocycles. The Morgan fingerprint density at radius 1 is 1.36 bits per heavy atom. The molecule has 1 aromatic heterocycles. The molecule has 0 N–H and O–H groups in total. The van der Waals surface area contributed by atoms with Gasteiger partial charge in [0.05, 0.1) is 10.7 Å². The standard InChI is InChI=1S/C20H26N2O2S/c1-14(2)15(3)22(5)20(23)10-9-17-7-6-8-19(11-17)24-12-18-13-25-16(4)21-18/h6-11,13-15H,12H2,1-5H3. The van der Waals surface area contributed by atoms with Crippen LogP contribution < -0.4 is 4.74 Å². The smallest absolute Gasteiger partial charge is 0.246 e. The molecule has 2 aromatic rings. The van der Waals surface area contributed by atoms with Gasteiger partial charge in [-0.15, -0.1) is 11.3 Å². The average molecular weight is 359 g/mol. The van der Waals surface area contributed by atoms with Crippen molar-refractivity contribution in [3.63, 3.8) is 0 Å². The van der Waals surface area contributed by atoms with Crippen molar-refractivity contribution < 1.29 is 9.53 Å². The zero-order valence-corrected chi connectivity index (χ0v) is 16.3. The molecule has 0 radical (unpaired) electrons. The summed E-state index contributed by atoms with van der Waals surface area (Å²) in [4.78, 5) is 18.4. The number of likely N-dealkylation sites (N-methyl/N-ethyl adjacent to an activating group) is 1. The van der Waals surface area contributed by atoms with Gasteiger partial charge in [0, 0.05) is 24.5 Å². The van der Waals surface area contributed by atoms with E-state index in [0.717, 1.165) is 22.0 Å². The fourth-order valence-corrected chi connectivity index (χ4v) is 2.87. The molecule has 0 bridgehead atoms. The molecule has 1 amide bonds. The highest BCUT2D eigenvalue weighted by atomic mass is 32.1. The molecular weight excluding hydrogens is 332 g/mol. The lowest BCUT2D eigenvalue weighted by Crippen LogP contribution is -2.37. The summed E-state index contributed by atoms with van der Waals surface area (Å²) in [6.45, 7) is 8.72. The first-order valence-electron chi connectivity index (χ1n) is 8.45. The Bertz CT molecular complexity index is 737. The summed E-state index contributed by atoms with van der Waals surface area (Å²) in [6, 6.07) is 7.91. The third kappa shape index (κ3) is 5.71. The second kappa shape index (κ2) is 8.81. The van der Waals surface area contributed by atoms with E-state index in [1.165, 1.54) is 0 Å². The maximum Gasteiger partial charge on any atom is 0.246 e. The number of benzene rings is 1. The van der Waals surface area contributed by atoms with Crippen molar-refractivity contribution in [1.29, 1.82) is 0 Å². The lowest BCUT2D eigenvalue weighted by atomic mass is 10.1. The third-order valence-corrected chi connectivity index (χ3v) is 5.08. The maximum absolute atomic E-state index is 12.3. The van der Waals surface area contributed by atoms with E-state index < -0.39 is 0 Å². The lowest BCUT2D eigenvalue weighted by Gasteiger charge is -2.26. The summed E-state index contributed by atoms with van der Waals surface area (Å²) < 4.78 is 5.78. The maximum atomic E-state index is 12.3. The van der Waals surface area contributed by atoms with Gasteiger partial charge in [0.2, 0.25) is 5.91 Å². The summed E-state index contributed by atoms with van der Waals surface area (Å²) in [6.07, 6.45) is 3.44. The van der Waals surface area contributed by atoms with Gasteiger partial charge in [-0.3, -0.25) is 4.79 Å². The molecule has 25 heavy (non-hydrogen) atoms. The highest BCUT2D eigenvalue weighted by Gasteiger charge is 2.16. The van der Waals surface area contributed by atoms with Gasteiger partial charge in [0.25, 0.3) is 0 Å². The Morgan fingerprint density at radius 2 is 2.12 bits per heavy atom. The van der Waals surface area contributed by atoms with E-state index in [1.807, 2.05) is 49.7 Å². The lowest BCUT2D eigenvalue weighted by molar-refractivity contribution is -0.127. The Morgan fingerprint density at radius 3 is 2.76 bits per heavy atom. The number of ether oxygens (including phenoxy) is 1. The number of carbonyl (C=O) groups excluding carboxylic acids is 1. The molecule has 134 valence electrons. The third-order valence-electron chi connectivity index (χ3n) is 4.25. The number of hydrogen-bond acceptors (Lipinski definition) is 4. The normalized spacial score (nSPS) is 12.6. The Labute approximate surface area is 154 Å². The molecule has 0 aliphatic rings. The molecule has 1 aromatic carbocycles. The van der Waals surface area contributed by atoms with Crippen molar-refractivity contribution in [3.05, 3.63) is 52.0 Å². The summed E-state index contributed by atoms with van der Waals surface area (Å²) in [5, 5.41) is 3.04. The average Bonchev–Trinajstić information content (AvgIpc) is 3.02. The van der Waals surface area contributed by atoms with Crippen LogP contribution in [0.15, 0.2) is 35.7 Å². The molecule has 1 heterocycles. The first-order chi connectivity index (χ1) is 11.9. The highest BCUT2D eigenvalue weighted by Crippen LogP contribution is 2.17. The molecule has 4 nitrogen and oxygen atoms in total. The second-order valence-electron chi connectivity index (χ2n) is 6.49. The van der Waals surface area contributed by atoms with Crippen molar-refractivity contribution in [1.82, 2.24) is 9.88 Å². The monoisotopic (exact) mass is 358 g/mol. The molecular formula is C20H26N2O2S. The van der Waals surface area contributed by atoms with Crippen molar-refractivity contribution >= 4 is 23.3 Å². The second-order valence-corrected chi connectivity index (χ2v) is 7.55. The van der Waals surface area contributed by atoms with Gasteiger partial charge < -0.3 is 9.64 Å². The first-order valence-corrected chi connectivity index (χ1v) is 9.33. The Kier molecular flexibility index (Phi) is 6.76. The van der Waals surface area contributed by atoms with Gasteiger partial charge >= 0.3 is 0 Å². The number of aromatic nitrogens is 1. The summed E-state index contributed by atoms with van der Waals surface area (Å²) >= 11 is 1.62. The van der Waals surface area contributed by atoms with Gasteiger partial charge in [0.1, 0.15) is 12.4 Å². The van der Waals surface area contributed by atoms with Crippen LogP contribution in [0.1, 0.15) is 37.0 Å². The Hall–Kier alpha value is -2.14. The van der Waals surface area contributed by atoms with Crippen molar-refractivity contribution in [2.45, 2.75) is 40.3 Å². The largest absolute Gasteiger partial charge is 0.487 e. The van der Waals surface area contributed by atoms with Crippen LogP contribution in [-0.2, 0) is 11.4 Å². The Balaban J connectivity index is 1.97. The molecule has 2 rings (SSSR count). The van der Waals surface area contributed by atoms with E-state index in [-0.39, 0.29) is 11.9 Å². The summed E-state index contributed by atoms with van der Waals surface area (Å²) in [7, 11) is 1.84. The SMILES string of the molecule is Cc1nc(COc2cccc(C=CC(=O)N(C)C(C)C(C)C)c2)cs1. The van der Waals surface area contributed by atoms with Gasteiger partial charge in [-0.05, 0) is 43.5 Å². The quantitative estimate of drug-likeness (QED) is 0.682. The van der Waals surface area contributed by atoms with E-state index in [4.69, 9.17) is 4.74 Å². The minimum absolute atomic E-state index is 0.00506. The molecule has 1 unspecified atom stereocenters. The van der Waals surface area contributed by atoms with Gasteiger partial charge in [-0.1, -0.05) is 26.0 Å². The molecule has 0 spiro atoms. The number of carbonyl (C=O) groups is 1. The molecule has 0 saturated carbocycles. The number of amides is 1. The minimum Gasteiger partial charge on any atom is -0.487 e. The van der Waals surface area contributed by atoms with Gasteiger partial charge in [-0.25, -0.2) is 4.98 Å². The van der Waals surface area contributed by atoms with E-state index in [9.17, 15) is 4.79 Å². The van der Waals surface area contributed by atoms with E-state index in [2.05, 4.69) is 25.8 Å². The zero-order chi connectivity index (χ0) is 18.4. The highest BCUT2D eigenvalue weighted by molar-refractivity contribution is 7.09. The predicted molar refractivity (Wildman–Crippen MR) is 104 cm³/mol. The van der Waals surface area contributed by atoms with E-state index >= 15 is 0 Å². The van der Waals surface area contributed by atoms with Crippen LogP contribution in [0.4, 0.5) is 0 Å². The van der Waals surface area contributed by atoms with Crippen LogP contribution in [0.5, 0.6) is 5.75 Å². The fraction of sp³-hybridized carbons (Fsp3) is 0.400. The number of aryl methyl sites for hydroxylation is 1. The first kappa shape index (κ1) is 19.2. The molecule has 1 atom stereocenters. The van der Waals surface area contributed by atoms with Crippen molar-refractivity contribution in [2.24, 2.45) is 5.92 Å². The molecule has 5 heteroatoms. The van der Waals surface area contributed by atoms with Crippen LogP contribution in [0.25, 0.3) is 6.08 Å². The zero-order valence-electron chi connectivity index (χ0n) is 15.5. The van der Waals surface area contributed by atoms with Crippen LogP contribution in [-0.4, -0.2) is 28.9 Å². The molecule has 0 saturated heterocycles. The van der Waals surface area contributed by atoms with Gasteiger partial charge in [-0.2, -0.15) is 0 Å². The van der Waals surface area contributed by atoms with Crippen molar-refractivity contribution in [3.8, 4) is 5.75 Å². The molecule has 0 fully saturated rings. The van der Waals surface area contributed by atoms with Crippen LogP contribution in [0, 0.1) is 12.8 Å².